The Morgan fingerprint density at radius 1 is 1.30 bits per heavy atom. The third-order valence-corrected chi connectivity index (χ3v) is 4.96. The molecule has 5 nitrogen and oxygen atoms in total. The average molecular weight is 354 g/mol. The largest absolute Gasteiger partial charge is 0.481 e. The van der Waals surface area contributed by atoms with Gasteiger partial charge in [0.15, 0.2) is 5.78 Å². The number of benzene rings is 1. The Morgan fingerprint density at radius 2 is 1.91 bits per heavy atom. The van der Waals surface area contributed by atoms with Gasteiger partial charge in [0.25, 0.3) is 5.91 Å². The number of carbonyl (C=O) groups is 3. The number of thioether (sulfide) groups is 1. The van der Waals surface area contributed by atoms with Crippen molar-refractivity contribution in [1.82, 2.24) is 4.90 Å². The Bertz CT molecular complexity index is 684. The number of aliphatic carboxylic acids is 1. The van der Waals surface area contributed by atoms with Gasteiger partial charge in [0.05, 0.1) is 6.42 Å². The number of hydrogen-bond acceptors (Lipinski definition) is 4. The summed E-state index contributed by atoms with van der Waals surface area (Å²) < 4.78 is 0. The number of carboxylic acids is 1. The topological polar surface area (TPSA) is 74.7 Å². The first-order chi connectivity index (χ1) is 10.9. The number of rotatable bonds is 6. The minimum Gasteiger partial charge on any atom is -0.481 e. The van der Waals surface area contributed by atoms with Crippen molar-refractivity contribution in [3.8, 4) is 0 Å². The maximum atomic E-state index is 12.8. The number of halogens is 1. The number of hydrogen-bond donors (Lipinski definition) is 1. The van der Waals surface area contributed by atoms with Gasteiger partial charge in [-0.3, -0.25) is 14.4 Å². The van der Waals surface area contributed by atoms with E-state index in [-0.39, 0.29) is 16.9 Å². The van der Waals surface area contributed by atoms with Crippen molar-refractivity contribution in [3.05, 3.63) is 46.0 Å². The minimum atomic E-state index is -1.13. The molecule has 122 valence electrons. The zero-order valence-electron chi connectivity index (χ0n) is 12.7. The minimum absolute atomic E-state index is 0.0610. The molecule has 1 N–H and O–H groups in total. The highest BCUT2D eigenvalue weighted by atomic mass is 35.5. The number of Topliss-reactive ketones (excluding diaryl/α,β-unsaturated/α-hetero) is 1. The number of amides is 1. The summed E-state index contributed by atoms with van der Waals surface area (Å²) >= 11 is 7.25. The maximum Gasteiger partial charge on any atom is 0.308 e. The Morgan fingerprint density at radius 3 is 2.43 bits per heavy atom. The normalized spacial score (nSPS) is 17.8. The highest BCUT2D eigenvalue weighted by molar-refractivity contribution is 8.00. The smallest absolute Gasteiger partial charge is 0.308 e. The molecule has 1 heterocycles. The van der Waals surface area contributed by atoms with Crippen LogP contribution in [0.5, 0.6) is 0 Å². The van der Waals surface area contributed by atoms with Crippen LogP contribution >= 0.6 is 23.4 Å². The molecule has 1 aliphatic rings. The highest BCUT2D eigenvalue weighted by Crippen LogP contribution is 2.36. The third-order valence-electron chi connectivity index (χ3n) is 3.51. The second kappa shape index (κ2) is 7.19. The molecule has 1 aromatic rings. The zero-order chi connectivity index (χ0) is 17.1. The molecule has 0 unspecified atom stereocenters. The van der Waals surface area contributed by atoms with Gasteiger partial charge in [-0.15, -0.1) is 11.8 Å². The maximum absolute atomic E-state index is 12.8. The van der Waals surface area contributed by atoms with Crippen molar-refractivity contribution in [1.29, 1.82) is 0 Å². The summed E-state index contributed by atoms with van der Waals surface area (Å²) in [6.45, 7) is 1.92. The summed E-state index contributed by atoms with van der Waals surface area (Å²) in [7, 11) is 1.58. The van der Waals surface area contributed by atoms with Gasteiger partial charge >= 0.3 is 5.97 Å². The second-order valence-electron chi connectivity index (χ2n) is 5.02. The first-order valence-corrected chi connectivity index (χ1v) is 8.43. The van der Waals surface area contributed by atoms with E-state index in [1.54, 1.807) is 31.3 Å². The summed E-state index contributed by atoms with van der Waals surface area (Å²) in [5.74, 6) is -1.18. The molecule has 1 aromatic carbocycles. The monoisotopic (exact) mass is 353 g/mol. The molecule has 2 rings (SSSR count). The molecule has 0 spiro atoms. The molecule has 1 atom stereocenters. The molecular weight excluding hydrogens is 338 g/mol. The van der Waals surface area contributed by atoms with E-state index < -0.39 is 23.7 Å². The number of likely N-dealkylation sites (N-methyl/N-ethyl adjacent to an activating group) is 1. The number of carboxylic acid groups (broad SMARTS) is 1. The van der Waals surface area contributed by atoms with Crippen molar-refractivity contribution in [2.75, 3.05) is 12.8 Å². The summed E-state index contributed by atoms with van der Waals surface area (Å²) in [5, 5.41) is 9.09. The van der Waals surface area contributed by atoms with Crippen LogP contribution in [0.1, 0.15) is 23.7 Å². The zero-order valence-corrected chi connectivity index (χ0v) is 14.3. The van der Waals surface area contributed by atoms with Gasteiger partial charge in [0.1, 0.15) is 5.37 Å². The molecule has 0 aromatic heterocycles. The van der Waals surface area contributed by atoms with Gasteiger partial charge in [0, 0.05) is 28.8 Å². The molecule has 0 aliphatic carbocycles. The predicted molar refractivity (Wildman–Crippen MR) is 89.8 cm³/mol. The first-order valence-electron chi connectivity index (χ1n) is 7.00. The fourth-order valence-corrected chi connectivity index (χ4v) is 3.64. The lowest BCUT2D eigenvalue weighted by molar-refractivity contribution is -0.137. The summed E-state index contributed by atoms with van der Waals surface area (Å²) in [4.78, 5) is 37.7. The quantitative estimate of drug-likeness (QED) is 0.796. The van der Waals surface area contributed by atoms with Crippen LogP contribution in [0.25, 0.3) is 0 Å². The predicted octanol–water partition coefficient (Wildman–Crippen LogP) is 2.85. The number of ketones is 1. The fraction of sp³-hybridized carbons (Fsp3) is 0.312. The molecule has 0 radical (unpaired) electrons. The summed E-state index contributed by atoms with van der Waals surface area (Å²) in [6, 6.07) is 6.34. The third kappa shape index (κ3) is 3.59. The summed E-state index contributed by atoms with van der Waals surface area (Å²) in [5.41, 5.74) is 0.706. The van der Waals surface area contributed by atoms with Gasteiger partial charge in [-0.05, 0) is 30.0 Å². The molecular formula is C16H16ClNO4S. The van der Waals surface area contributed by atoms with Gasteiger partial charge < -0.3 is 10.0 Å². The van der Waals surface area contributed by atoms with Crippen LogP contribution in [0.2, 0.25) is 5.02 Å². The first kappa shape index (κ1) is 17.6. The Labute approximate surface area is 143 Å². The van der Waals surface area contributed by atoms with Crippen molar-refractivity contribution in [3.63, 3.8) is 0 Å². The van der Waals surface area contributed by atoms with E-state index in [0.29, 0.717) is 16.3 Å². The molecule has 23 heavy (non-hydrogen) atoms. The van der Waals surface area contributed by atoms with Gasteiger partial charge in [0.2, 0.25) is 0 Å². The molecule has 0 saturated carbocycles. The van der Waals surface area contributed by atoms with Crippen molar-refractivity contribution < 1.29 is 19.5 Å². The molecule has 0 bridgehead atoms. The van der Waals surface area contributed by atoms with Gasteiger partial charge in [-0.25, -0.2) is 0 Å². The molecule has 1 amide bonds. The van der Waals surface area contributed by atoms with E-state index in [2.05, 4.69) is 0 Å². The van der Waals surface area contributed by atoms with Gasteiger partial charge in [-0.2, -0.15) is 0 Å². The lowest BCUT2D eigenvalue weighted by Gasteiger charge is -2.21. The SMILES string of the molecule is CCS[C@H]1C(C(=O)c2ccc(Cl)cc2)=C(CC(=O)O)C(=O)N1C. The van der Waals surface area contributed by atoms with Crippen LogP contribution in [-0.4, -0.2) is 45.8 Å². The average Bonchev–Trinajstić information content (AvgIpc) is 2.72. The van der Waals surface area contributed by atoms with E-state index in [9.17, 15) is 14.4 Å². The number of carbonyl (C=O) groups excluding carboxylic acids is 2. The lowest BCUT2D eigenvalue weighted by atomic mass is 9.98. The fourth-order valence-electron chi connectivity index (χ4n) is 2.46. The van der Waals surface area contributed by atoms with Crippen LogP contribution in [-0.2, 0) is 9.59 Å². The van der Waals surface area contributed by atoms with Crippen molar-refractivity contribution in [2.45, 2.75) is 18.7 Å². The molecule has 0 saturated heterocycles. The van der Waals surface area contributed by atoms with E-state index in [4.69, 9.17) is 16.7 Å². The Balaban J connectivity index is 2.51. The Kier molecular flexibility index (Phi) is 5.49. The summed E-state index contributed by atoms with van der Waals surface area (Å²) in [6.07, 6.45) is -0.460. The van der Waals surface area contributed by atoms with Crippen molar-refractivity contribution >= 4 is 41.0 Å². The van der Waals surface area contributed by atoms with Crippen LogP contribution < -0.4 is 0 Å². The highest BCUT2D eigenvalue weighted by Gasteiger charge is 2.41. The van der Waals surface area contributed by atoms with Gasteiger partial charge in [-0.1, -0.05) is 18.5 Å². The van der Waals surface area contributed by atoms with E-state index in [1.807, 2.05) is 6.92 Å². The van der Waals surface area contributed by atoms with Crippen LogP contribution in [0.4, 0.5) is 0 Å². The second-order valence-corrected chi connectivity index (χ2v) is 6.82. The van der Waals surface area contributed by atoms with Crippen molar-refractivity contribution in [2.24, 2.45) is 0 Å². The lowest BCUT2D eigenvalue weighted by Crippen LogP contribution is -2.31. The van der Waals surface area contributed by atoms with E-state index in [0.717, 1.165) is 0 Å². The Hall–Kier alpha value is -1.79. The molecule has 7 heteroatoms. The van der Waals surface area contributed by atoms with E-state index in [1.165, 1.54) is 16.7 Å². The van der Waals surface area contributed by atoms with Crippen LogP contribution in [0, 0.1) is 0 Å². The van der Waals surface area contributed by atoms with Crippen LogP contribution in [0.15, 0.2) is 35.4 Å². The standard InChI is InChI=1S/C16H16ClNO4S/c1-3-23-16-13(11(8-12(19)20)15(22)18(16)2)14(21)9-4-6-10(17)7-5-9/h4-7,16H,3,8H2,1-2H3,(H,19,20)/t16-/m0/s1. The molecule has 0 fully saturated rings. The van der Waals surface area contributed by atoms with E-state index >= 15 is 0 Å². The number of nitrogens with zero attached hydrogens (tertiary/aromatic N) is 1. The van der Waals surface area contributed by atoms with Crippen LogP contribution in [0.3, 0.4) is 0 Å². The molecule has 1 aliphatic heterocycles.